The molecule has 2 atom stereocenters. The quantitative estimate of drug-likeness (QED) is 0.512. The SMILES string of the molecule is C[C@H]1c2c(ccc(Cl)c2-c2c(C(N)=O)ccc(OC(F)F)c2F)O[C@]1(CN)c1ccccc1. The van der Waals surface area contributed by atoms with Crippen LogP contribution in [0.2, 0.25) is 5.02 Å². The van der Waals surface area contributed by atoms with Gasteiger partial charge in [0.25, 0.3) is 0 Å². The number of fused-ring (bicyclic) bond motifs is 1. The lowest BCUT2D eigenvalue weighted by Crippen LogP contribution is -2.41. The van der Waals surface area contributed by atoms with Gasteiger partial charge < -0.3 is 20.9 Å². The van der Waals surface area contributed by atoms with Crippen LogP contribution >= 0.6 is 11.6 Å². The Morgan fingerprint density at radius 2 is 1.85 bits per heavy atom. The molecule has 1 aliphatic heterocycles. The van der Waals surface area contributed by atoms with E-state index in [9.17, 15) is 13.6 Å². The van der Waals surface area contributed by atoms with E-state index in [-0.39, 0.29) is 28.3 Å². The first-order chi connectivity index (χ1) is 15.7. The lowest BCUT2D eigenvalue weighted by atomic mass is 9.77. The van der Waals surface area contributed by atoms with E-state index in [1.807, 2.05) is 37.3 Å². The minimum absolute atomic E-state index is 0.0840. The van der Waals surface area contributed by atoms with Crippen molar-refractivity contribution in [3.8, 4) is 22.6 Å². The van der Waals surface area contributed by atoms with Gasteiger partial charge in [-0.05, 0) is 29.8 Å². The summed E-state index contributed by atoms with van der Waals surface area (Å²) in [5.41, 5.74) is 11.5. The number of rotatable bonds is 6. The smallest absolute Gasteiger partial charge is 0.387 e. The minimum Gasteiger partial charge on any atom is -0.480 e. The zero-order chi connectivity index (χ0) is 23.9. The summed E-state index contributed by atoms with van der Waals surface area (Å²) in [5, 5.41) is 0.0840. The molecule has 4 rings (SSSR count). The number of hydrogen-bond donors (Lipinski definition) is 2. The Balaban J connectivity index is 2.00. The number of benzene rings is 3. The van der Waals surface area contributed by atoms with Crippen molar-refractivity contribution in [1.29, 1.82) is 0 Å². The van der Waals surface area contributed by atoms with Gasteiger partial charge in [0, 0.05) is 34.2 Å². The molecule has 4 N–H and O–H groups in total. The topological polar surface area (TPSA) is 87.6 Å². The molecule has 1 heterocycles. The van der Waals surface area contributed by atoms with Crippen LogP contribution in [0.3, 0.4) is 0 Å². The zero-order valence-electron chi connectivity index (χ0n) is 17.4. The number of hydrogen-bond acceptors (Lipinski definition) is 4. The van der Waals surface area contributed by atoms with Crippen LogP contribution in [0, 0.1) is 5.82 Å². The van der Waals surface area contributed by atoms with E-state index in [1.165, 1.54) is 6.07 Å². The van der Waals surface area contributed by atoms with E-state index in [0.29, 0.717) is 11.3 Å². The lowest BCUT2D eigenvalue weighted by Gasteiger charge is -2.32. The van der Waals surface area contributed by atoms with E-state index in [1.54, 1.807) is 6.07 Å². The average molecular weight is 477 g/mol. The maximum absolute atomic E-state index is 15.5. The van der Waals surface area contributed by atoms with Crippen molar-refractivity contribution in [3.63, 3.8) is 0 Å². The maximum Gasteiger partial charge on any atom is 0.387 e. The Morgan fingerprint density at radius 1 is 1.15 bits per heavy atom. The third-order valence-corrected chi connectivity index (χ3v) is 6.30. The molecule has 0 spiro atoms. The largest absolute Gasteiger partial charge is 0.480 e. The van der Waals surface area contributed by atoms with Crippen LogP contribution in [0.25, 0.3) is 11.1 Å². The zero-order valence-corrected chi connectivity index (χ0v) is 18.2. The first-order valence-corrected chi connectivity index (χ1v) is 10.4. The van der Waals surface area contributed by atoms with E-state index < -0.39 is 35.6 Å². The highest BCUT2D eigenvalue weighted by Gasteiger charge is 2.48. The number of nitrogens with two attached hydrogens (primary N) is 2. The number of ether oxygens (including phenoxy) is 2. The van der Waals surface area contributed by atoms with Crippen molar-refractivity contribution in [2.75, 3.05) is 6.54 Å². The minimum atomic E-state index is -3.27. The van der Waals surface area contributed by atoms with Crippen LogP contribution in [0.5, 0.6) is 11.5 Å². The molecule has 3 aromatic carbocycles. The van der Waals surface area contributed by atoms with Gasteiger partial charge >= 0.3 is 6.61 Å². The van der Waals surface area contributed by atoms with Crippen LogP contribution < -0.4 is 20.9 Å². The number of carbonyl (C=O) groups excluding carboxylic acids is 1. The molecule has 0 aromatic heterocycles. The van der Waals surface area contributed by atoms with Crippen LogP contribution in [0.4, 0.5) is 13.2 Å². The van der Waals surface area contributed by atoms with Gasteiger partial charge in [0.2, 0.25) is 5.91 Å². The summed E-state index contributed by atoms with van der Waals surface area (Å²) in [4.78, 5) is 12.2. The molecule has 0 radical (unpaired) electrons. The van der Waals surface area contributed by atoms with Crippen LogP contribution in [0.15, 0.2) is 54.6 Å². The number of alkyl halides is 2. The first-order valence-electron chi connectivity index (χ1n) is 10.1. The molecule has 33 heavy (non-hydrogen) atoms. The molecule has 0 unspecified atom stereocenters. The van der Waals surface area contributed by atoms with Gasteiger partial charge in [0.15, 0.2) is 17.2 Å². The van der Waals surface area contributed by atoms with Gasteiger partial charge in [-0.3, -0.25) is 4.79 Å². The highest BCUT2D eigenvalue weighted by atomic mass is 35.5. The highest BCUT2D eigenvalue weighted by Crippen LogP contribution is 2.55. The molecular weight excluding hydrogens is 457 g/mol. The van der Waals surface area contributed by atoms with Crippen molar-refractivity contribution in [1.82, 2.24) is 0 Å². The molecule has 1 aliphatic rings. The van der Waals surface area contributed by atoms with Crippen molar-refractivity contribution >= 4 is 17.5 Å². The second-order valence-corrected chi connectivity index (χ2v) is 8.07. The van der Waals surface area contributed by atoms with Gasteiger partial charge in [-0.25, -0.2) is 4.39 Å². The Kier molecular flexibility index (Phi) is 5.99. The van der Waals surface area contributed by atoms with E-state index in [4.69, 9.17) is 27.8 Å². The molecule has 0 saturated heterocycles. The summed E-state index contributed by atoms with van der Waals surface area (Å²) in [6.45, 7) is -1.34. The maximum atomic E-state index is 15.5. The highest BCUT2D eigenvalue weighted by molar-refractivity contribution is 6.34. The van der Waals surface area contributed by atoms with Crippen molar-refractivity contribution in [2.45, 2.75) is 25.1 Å². The third kappa shape index (κ3) is 3.69. The molecule has 0 bridgehead atoms. The fourth-order valence-corrected chi connectivity index (χ4v) is 4.68. The van der Waals surface area contributed by atoms with E-state index in [0.717, 1.165) is 17.7 Å². The van der Waals surface area contributed by atoms with E-state index >= 15 is 4.39 Å². The van der Waals surface area contributed by atoms with Crippen molar-refractivity contribution < 1.29 is 27.4 Å². The summed E-state index contributed by atoms with van der Waals surface area (Å²) in [7, 11) is 0. The molecule has 0 aliphatic carbocycles. The van der Waals surface area contributed by atoms with Gasteiger partial charge in [0.05, 0.1) is 5.56 Å². The second kappa shape index (κ2) is 8.61. The van der Waals surface area contributed by atoms with Crippen LogP contribution in [-0.2, 0) is 5.60 Å². The molecule has 5 nitrogen and oxygen atoms in total. The van der Waals surface area contributed by atoms with Gasteiger partial charge in [-0.15, -0.1) is 0 Å². The molecular formula is C24H20ClF3N2O3. The molecule has 3 aromatic rings. The van der Waals surface area contributed by atoms with Crippen molar-refractivity contribution in [2.24, 2.45) is 11.5 Å². The number of amides is 1. The van der Waals surface area contributed by atoms with E-state index in [2.05, 4.69) is 4.74 Å². The normalized spacial score (nSPS) is 19.3. The molecule has 1 amide bonds. The predicted octanol–water partition coefficient (Wildman–Crippen LogP) is 5.20. The Bertz CT molecular complexity index is 1220. The molecule has 9 heteroatoms. The fraction of sp³-hybridized carbons (Fsp3) is 0.208. The molecule has 172 valence electrons. The summed E-state index contributed by atoms with van der Waals surface area (Å²) in [6.07, 6.45) is 0. The summed E-state index contributed by atoms with van der Waals surface area (Å²) in [5.74, 6) is -2.95. The average Bonchev–Trinajstić information content (AvgIpc) is 3.08. The second-order valence-electron chi connectivity index (χ2n) is 7.66. The Hall–Kier alpha value is -3.23. The molecule has 0 saturated carbocycles. The number of halogens is 4. The van der Waals surface area contributed by atoms with Crippen molar-refractivity contribution in [3.05, 3.63) is 82.1 Å². The number of primary amides is 1. The summed E-state index contributed by atoms with van der Waals surface area (Å²) < 4.78 is 51.8. The lowest BCUT2D eigenvalue weighted by molar-refractivity contribution is -0.0521. The Morgan fingerprint density at radius 3 is 2.45 bits per heavy atom. The standard InChI is InChI=1S/C24H20ClF3N2O3/c1-12-18-16(33-24(12,11-29)13-5-3-2-4-6-13)10-8-15(25)20(18)19-14(22(30)31)7-9-17(21(19)26)32-23(27)28/h2-10,12,23H,11,29H2,1H3,(H2,30,31)/t12-,24-/m0/s1. The van der Waals surface area contributed by atoms with Gasteiger partial charge in [0.1, 0.15) is 5.75 Å². The number of carbonyl (C=O) groups is 1. The fourth-order valence-electron chi connectivity index (χ4n) is 4.42. The van der Waals surface area contributed by atoms with Gasteiger partial charge in [-0.2, -0.15) is 8.78 Å². The monoisotopic (exact) mass is 476 g/mol. The Labute approximate surface area is 193 Å². The first kappa shape index (κ1) is 22.9. The third-order valence-electron chi connectivity index (χ3n) is 5.98. The summed E-state index contributed by atoms with van der Waals surface area (Å²) >= 11 is 6.50. The van der Waals surface area contributed by atoms with Crippen LogP contribution in [0.1, 0.15) is 34.3 Å². The predicted molar refractivity (Wildman–Crippen MR) is 118 cm³/mol. The summed E-state index contributed by atoms with van der Waals surface area (Å²) in [6, 6.07) is 14.4. The van der Waals surface area contributed by atoms with Crippen LogP contribution in [-0.4, -0.2) is 19.1 Å². The van der Waals surface area contributed by atoms with Gasteiger partial charge in [-0.1, -0.05) is 48.9 Å². The molecule has 0 fully saturated rings.